The fraction of sp³-hybridized carbons (Fsp3) is 0.722. The molecule has 0 radical (unpaired) electrons. The van der Waals surface area contributed by atoms with Crippen molar-refractivity contribution in [3.05, 3.63) is 17.2 Å². The molecule has 2 heterocycles. The smallest absolute Gasteiger partial charge is 0.289 e. The van der Waals surface area contributed by atoms with E-state index in [4.69, 9.17) is 0 Å². The third-order valence-electron chi connectivity index (χ3n) is 4.53. The van der Waals surface area contributed by atoms with Crippen LogP contribution in [0.5, 0.6) is 0 Å². The van der Waals surface area contributed by atoms with Crippen molar-refractivity contribution in [1.82, 2.24) is 19.8 Å². The number of nitrogens with zero attached hydrogens (tertiary/aromatic N) is 3. The third-order valence-corrected chi connectivity index (χ3v) is 4.53. The van der Waals surface area contributed by atoms with Crippen LogP contribution >= 0.6 is 0 Å². The van der Waals surface area contributed by atoms with Crippen LogP contribution < -0.4 is 5.32 Å². The lowest BCUT2D eigenvalue weighted by Crippen LogP contribution is -2.31. The van der Waals surface area contributed by atoms with Crippen molar-refractivity contribution in [3.8, 4) is 0 Å². The summed E-state index contributed by atoms with van der Waals surface area (Å²) < 4.78 is 1.96. The lowest BCUT2D eigenvalue weighted by atomic mass is 10.1. The SMILES string of the molecule is CCCCNC(=O)c1nc(C(=O)N(C)CCCC)n2c1CCCC2. The summed E-state index contributed by atoms with van der Waals surface area (Å²) in [6.45, 7) is 6.34. The van der Waals surface area contributed by atoms with E-state index >= 15 is 0 Å². The highest BCUT2D eigenvalue weighted by molar-refractivity contribution is 5.97. The maximum atomic E-state index is 12.7. The molecule has 1 aliphatic heterocycles. The molecular formula is C18H30N4O2. The molecule has 0 unspecified atom stereocenters. The summed E-state index contributed by atoms with van der Waals surface area (Å²) in [7, 11) is 1.81. The minimum Gasteiger partial charge on any atom is -0.351 e. The van der Waals surface area contributed by atoms with Crippen molar-refractivity contribution in [3.63, 3.8) is 0 Å². The van der Waals surface area contributed by atoms with Gasteiger partial charge in [0.2, 0.25) is 0 Å². The minimum atomic E-state index is -0.149. The van der Waals surface area contributed by atoms with Gasteiger partial charge in [-0.3, -0.25) is 9.59 Å². The second-order valence-electron chi connectivity index (χ2n) is 6.53. The van der Waals surface area contributed by atoms with Crippen LogP contribution in [0.3, 0.4) is 0 Å². The van der Waals surface area contributed by atoms with Crippen LogP contribution in [0.25, 0.3) is 0 Å². The van der Waals surface area contributed by atoms with Gasteiger partial charge < -0.3 is 14.8 Å². The lowest BCUT2D eigenvalue weighted by Gasteiger charge is -2.20. The summed E-state index contributed by atoms with van der Waals surface area (Å²) in [4.78, 5) is 31.4. The molecule has 0 saturated heterocycles. The molecule has 1 aromatic heterocycles. The van der Waals surface area contributed by atoms with E-state index in [0.717, 1.165) is 63.7 Å². The highest BCUT2D eigenvalue weighted by Gasteiger charge is 2.28. The van der Waals surface area contributed by atoms with Crippen LogP contribution in [-0.4, -0.2) is 46.4 Å². The zero-order chi connectivity index (χ0) is 17.5. The van der Waals surface area contributed by atoms with E-state index in [-0.39, 0.29) is 11.8 Å². The Morgan fingerprint density at radius 2 is 1.96 bits per heavy atom. The van der Waals surface area contributed by atoms with Gasteiger partial charge in [0, 0.05) is 26.7 Å². The molecule has 2 amide bonds. The van der Waals surface area contributed by atoms with Crippen molar-refractivity contribution in [2.45, 2.75) is 65.3 Å². The number of unbranched alkanes of at least 4 members (excludes halogenated alkanes) is 2. The summed E-state index contributed by atoms with van der Waals surface area (Å²) in [5.74, 6) is 0.188. The Balaban J connectivity index is 2.22. The molecule has 0 aliphatic carbocycles. The monoisotopic (exact) mass is 334 g/mol. The number of aromatic nitrogens is 2. The van der Waals surface area contributed by atoms with Crippen LogP contribution in [0.4, 0.5) is 0 Å². The average Bonchev–Trinajstić information content (AvgIpc) is 2.99. The van der Waals surface area contributed by atoms with Gasteiger partial charge in [0.15, 0.2) is 5.82 Å². The Kier molecular flexibility index (Phi) is 6.82. The van der Waals surface area contributed by atoms with Crippen LogP contribution in [0.15, 0.2) is 0 Å². The van der Waals surface area contributed by atoms with Crippen LogP contribution in [0.2, 0.25) is 0 Å². The Morgan fingerprint density at radius 3 is 2.67 bits per heavy atom. The third kappa shape index (κ3) is 4.16. The van der Waals surface area contributed by atoms with E-state index in [0.29, 0.717) is 18.1 Å². The Morgan fingerprint density at radius 1 is 1.21 bits per heavy atom. The number of carbonyl (C=O) groups excluding carboxylic acids is 2. The van der Waals surface area contributed by atoms with Gasteiger partial charge in [-0.1, -0.05) is 26.7 Å². The molecule has 0 spiro atoms. The van der Waals surface area contributed by atoms with Crippen molar-refractivity contribution < 1.29 is 9.59 Å². The molecule has 0 saturated carbocycles. The Hall–Kier alpha value is -1.85. The van der Waals surface area contributed by atoms with E-state index in [1.54, 1.807) is 4.90 Å². The molecule has 6 heteroatoms. The van der Waals surface area contributed by atoms with E-state index in [2.05, 4.69) is 24.1 Å². The molecular weight excluding hydrogens is 304 g/mol. The molecule has 1 aromatic rings. The van der Waals surface area contributed by atoms with E-state index < -0.39 is 0 Å². The fourth-order valence-electron chi connectivity index (χ4n) is 3.02. The zero-order valence-corrected chi connectivity index (χ0v) is 15.2. The Labute approximate surface area is 144 Å². The predicted octanol–water partition coefficient (Wildman–Crippen LogP) is 2.62. The molecule has 6 nitrogen and oxygen atoms in total. The topological polar surface area (TPSA) is 67.2 Å². The maximum absolute atomic E-state index is 12.7. The van der Waals surface area contributed by atoms with Gasteiger partial charge in [0.1, 0.15) is 5.69 Å². The fourth-order valence-corrected chi connectivity index (χ4v) is 3.02. The van der Waals surface area contributed by atoms with Crippen LogP contribution in [0, 0.1) is 0 Å². The first-order chi connectivity index (χ1) is 11.6. The number of rotatable bonds is 8. The van der Waals surface area contributed by atoms with E-state index in [1.165, 1.54) is 0 Å². The molecule has 0 fully saturated rings. The number of carbonyl (C=O) groups is 2. The van der Waals surface area contributed by atoms with Gasteiger partial charge in [-0.05, 0) is 32.1 Å². The first-order valence-electron chi connectivity index (χ1n) is 9.23. The number of amides is 2. The van der Waals surface area contributed by atoms with Crippen LogP contribution in [-0.2, 0) is 13.0 Å². The quantitative estimate of drug-likeness (QED) is 0.743. The highest BCUT2D eigenvalue weighted by atomic mass is 16.2. The number of hydrogen-bond acceptors (Lipinski definition) is 3. The molecule has 24 heavy (non-hydrogen) atoms. The molecule has 134 valence electrons. The molecule has 0 atom stereocenters. The summed E-state index contributed by atoms with van der Waals surface area (Å²) in [6.07, 6.45) is 6.89. The number of imidazole rings is 1. The average molecular weight is 334 g/mol. The molecule has 1 N–H and O–H groups in total. The standard InChI is InChI=1S/C18H30N4O2/c1-4-6-11-19-17(23)15-14-10-8-9-13-22(14)16(20-15)18(24)21(3)12-7-5-2/h4-13H2,1-3H3,(H,19,23). The van der Waals surface area contributed by atoms with Crippen molar-refractivity contribution in [2.75, 3.05) is 20.1 Å². The maximum Gasteiger partial charge on any atom is 0.289 e. The van der Waals surface area contributed by atoms with Crippen molar-refractivity contribution in [1.29, 1.82) is 0 Å². The molecule has 2 rings (SSSR count). The van der Waals surface area contributed by atoms with Gasteiger partial charge in [0.05, 0.1) is 5.69 Å². The first kappa shape index (κ1) is 18.5. The summed E-state index contributed by atoms with van der Waals surface area (Å²) in [5, 5.41) is 2.93. The van der Waals surface area contributed by atoms with E-state index in [1.807, 2.05) is 11.6 Å². The minimum absolute atomic E-state index is 0.0841. The largest absolute Gasteiger partial charge is 0.351 e. The van der Waals surface area contributed by atoms with Crippen LogP contribution in [0.1, 0.15) is 79.2 Å². The van der Waals surface area contributed by atoms with Crippen molar-refractivity contribution >= 4 is 11.8 Å². The van der Waals surface area contributed by atoms with Crippen molar-refractivity contribution in [2.24, 2.45) is 0 Å². The Bertz CT molecular complexity index is 580. The lowest BCUT2D eigenvalue weighted by molar-refractivity contribution is 0.0775. The molecule has 1 aliphatic rings. The van der Waals surface area contributed by atoms with Gasteiger partial charge in [0.25, 0.3) is 11.8 Å². The van der Waals surface area contributed by atoms with Gasteiger partial charge >= 0.3 is 0 Å². The second-order valence-corrected chi connectivity index (χ2v) is 6.53. The molecule has 0 aromatic carbocycles. The number of nitrogens with one attached hydrogen (secondary N) is 1. The summed E-state index contributed by atoms with van der Waals surface area (Å²) in [6, 6.07) is 0. The zero-order valence-electron chi connectivity index (χ0n) is 15.2. The highest BCUT2D eigenvalue weighted by Crippen LogP contribution is 2.22. The predicted molar refractivity (Wildman–Crippen MR) is 94.3 cm³/mol. The number of fused-ring (bicyclic) bond motifs is 1. The van der Waals surface area contributed by atoms with Gasteiger partial charge in [-0.2, -0.15) is 0 Å². The van der Waals surface area contributed by atoms with E-state index in [9.17, 15) is 9.59 Å². The van der Waals surface area contributed by atoms with Gasteiger partial charge in [-0.15, -0.1) is 0 Å². The molecule has 0 bridgehead atoms. The normalized spacial score (nSPS) is 13.5. The first-order valence-corrected chi connectivity index (χ1v) is 9.23. The van der Waals surface area contributed by atoms with Gasteiger partial charge in [-0.25, -0.2) is 4.98 Å². The summed E-state index contributed by atoms with van der Waals surface area (Å²) in [5.41, 5.74) is 1.36. The number of hydrogen-bond donors (Lipinski definition) is 1. The second kappa shape index (κ2) is 8.85. The summed E-state index contributed by atoms with van der Waals surface area (Å²) >= 11 is 0.